The molecule has 1 aliphatic rings. The molecule has 17 heavy (non-hydrogen) atoms. The summed E-state index contributed by atoms with van der Waals surface area (Å²) in [5, 5.41) is 12.4. The van der Waals surface area contributed by atoms with Crippen LogP contribution >= 0.6 is 11.8 Å². The van der Waals surface area contributed by atoms with Gasteiger partial charge < -0.3 is 9.63 Å². The van der Waals surface area contributed by atoms with Gasteiger partial charge in [0.05, 0.1) is 5.75 Å². The first-order valence-corrected chi connectivity index (χ1v) is 6.27. The minimum atomic E-state index is -4.57. The van der Waals surface area contributed by atoms with Crippen molar-refractivity contribution >= 4 is 11.8 Å². The second-order valence-electron chi connectivity index (χ2n) is 3.90. The lowest BCUT2D eigenvalue weighted by atomic mass is 10.4. The first-order valence-electron chi connectivity index (χ1n) is 5.12. The number of aliphatic hydroxyl groups excluding tert-OH is 1. The quantitative estimate of drug-likeness (QED) is 0.886. The molecule has 4 nitrogen and oxygen atoms in total. The zero-order chi connectivity index (χ0) is 12.5. The fourth-order valence-corrected chi connectivity index (χ4v) is 2.01. The maximum Gasteiger partial charge on any atom is 0.415 e. The molecule has 8 heteroatoms. The molecule has 1 aromatic rings. The van der Waals surface area contributed by atoms with E-state index >= 15 is 0 Å². The Hall–Kier alpha value is -0.760. The lowest BCUT2D eigenvalue weighted by Crippen LogP contribution is -2.30. The zero-order valence-electron chi connectivity index (χ0n) is 8.78. The van der Waals surface area contributed by atoms with Crippen LogP contribution < -0.4 is 0 Å². The van der Waals surface area contributed by atoms with Crippen molar-refractivity contribution in [2.24, 2.45) is 0 Å². The van der Waals surface area contributed by atoms with E-state index in [2.05, 4.69) is 10.1 Å². The van der Waals surface area contributed by atoms with Crippen LogP contribution in [0, 0.1) is 0 Å². The summed E-state index contributed by atoms with van der Waals surface area (Å²) in [4.78, 5) is 4.07. The third kappa shape index (κ3) is 3.60. The summed E-state index contributed by atoms with van der Waals surface area (Å²) in [5.41, 5.74) is 0. The standard InChI is InChI=1S/C9H11F3N2O2S/c10-9(11,12)6(15)3-17-4-7-13-8(16-14-7)5-1-2-5/h5-6,15H,1-4H2/t6-/m0/s1. The van der Waals surface area contributed by atoms with Crippen molar-refractivity contribution in [1.29, 1.82) is 0 Å². The molecule has 1 fully saturated rings. The Morgan fingerprint density at radius 1 is 1.47 bits per heavy atom. The molecule has 0 bridgehead atoms. The average molecular weight is 268 g/mol. The van der Waals surface area contributed by atoms with Crippen molar-refractivity contribution < 1.29 is 22.8 Å². The summed E-state index contributed by atoms with van der Waals surface area (Å²) in [6, 6.07) is 0. The number of rotatable bonds is 5. The summed E-state index contributed by atoms with van der Waals surface area (Å²) in [5.74, 6) is 1.07. The molecular formula is C9H11F3N2O2S. The Bertz CT molecular complexity index is 379. The summed E-state index contributed by atoms with van der Waals surface area (Å²) >= 11 is 0.932. The molecule has 1 atom stereocenters. The van der Waals surface area contributed by atoms with Crippen LogP contribution in [0.3, 0.4) is 0 Å². The van der Waals surface area contributed by atoms with Crippen LogP contribution in [-0.2, 0) is 5.75 Å². The van der Waals surface area contributed by atoms with Gasteiger partial charge in [0, 0.05) is 11.7 Å². The Labute approximate surface area is 99.6 Å². The molecule has 1 aromatic heterocycles. The van der Waals surface area contributed by atoms with Gasteiger partial charge in [-0.3, -0.25) is 0 Å². The number of nitrogens with zero attached hydrogens (tertiary/aromatic N) is 2. The second-order valence-corrected chi connectivity index (χ2v) is 4.93. The van der Waals surface area contributed by atoms with Crippen molar-refractivity contribution in [1.82, 2.24) is 10.1 Å². The Morgan fingerprint density at radius 2 is 2.18 bits per heavy atom. The van der Waals surface area contributed by atoms with Crippen molar-refractivity contribution in [2.45, 2.75) is 36.8 Å². The minimum absolute atomic E-state index is 0.212. The van der Waals surface area contributed by atoms with E-state index in [0.717, 1.165) is 24.6 Å². The smallest absolute Gasteiger partial charge is 0.383 e. The average Bonchev–Trinajstić information content (AvgIpc) is 2.98. The van der Waals surface area contributed by atoms with Crippen LogP contribution in [0.5, 0.6) is 0 Å². The first-order chi connectivity index (χ1) is 7.97. The van der Waals surface area contributed by atoms with Crippen LogP contribution in [0.15, 0.2) is 4.52 Å². The van der Waals surface area contributed by atoms with Crippen molar-refractivity contribution in [3.05, 3.63) is 11.7 Å². The molecule has 0 radical (unpaired) electrons. The van der Waals surface area contributed by atoms with Gasteiger partial charge in [0.15, 0.2) is 11.9 Å². The maximum atomic E-state index is 12.0. The van der Waals surface area contributed by atoms with Gasteiger partial charge in [-0.1, -0.05) is 5.16 Å². The SMILES string of the molecule is O[C@@H](CSCc1noc(C2CC2)n1)C(F)(F)F. The largest absolute Gasteiger partial charge is 0.415 e. The third-order valence-electron chi connectivity index (χ3n) is 2.30. The van der Waals surface area contributed by atoms with E-state index in [1.54, 1.807) is 0 Å². The molecule has 0 aliphatic heterocycles. The number of aromatic nitrogens is 2. The van der Waals surface area contributed by atoms with Gasteiger partial charge in [-0.15, -0.1) is 0 Å². The Balaban J connectivity index is 1.74. The van der Waals surface area contributed by atoms with Gasteiger partial charge in [-0.25, -0.2) is 0 Å². The zero-order valence-corrected chi connectivity index (χ0v) is 9.59. The Morgan fingerprint density at radius 3 is 2.76 bits per heavy atom. The van der Waals surface area contributed by atoms with Gasteiger partial charge in [0.25, 0.3) is 0 Å². The highest BCUT2D eigenvalue weighted by atomic mass is 32.2. The summed E-state index contributed by atoms with van der Waals surface area (Å²) < 4.78 is 40.9. The summed E-state index contributed by atoms with van der Waals surface area (Å²) in [6.45, 7) is 0. The molecular weight excluding hydrogens is 257 g/mol. The molecule has 0 saturated heterocycles. The fraction of sp³-hybridized carbons (Fsp3) is 0.778. The van der Waals surface area contributed by atoms with Crippen molar-refractivity contribution in [2.75, 3.05) is 5.75 Å². The number of alkyl halides is 3. The van der Waals surface area contributed by atoms with Crippen molar-refractivity contribution in [3.63, 3.8) is 0 Å². The van der Waals surface area contributed by atoms with Crippen molar-refractivity contribution in [3.8, 4) is 0 Å². The van der Waals surface area contributed by atoms with Gasteiger partial charge in [0.1, 0.15) is 0 Å². The van der Waals surface area contributed by atoms with E-state index in [1.165, 1.54) is 0 Å². The highest BCUT2D eigenvalue weighted by Gasteiger charge is 2.37. The Kier molecular flexibility index (Phi) is 3.62. The van der Waals surface area contributed by atoms with Crippen LogP contribution in [0.25, 0.3) is 0 Å². The number of halogens is 3. The molecule has 1 N–H and O–H groups in total. The summed E-state index contributed by atoms with van der Waals surface area (Å²) in [6.07, 6.45) is -4.81. The lowest BCUT2D eigenvalue weighted by Gasteiger charge is -2.12. The minimum Gasteiger partial charge on any atom is -0.383 e. The van der Waals surface area contributed by atoms with E-state index in [1.807, 2.05) is 0 Å². The molecule has 0 spiro atoms. The fourth-order valence-electron chi connectivity index (χ4n) is 1.18. The first kappa shape index (κ1) is 12.7. The van der Waals surface area contributed by atoms with E-state index in [0.29, 0.717) is 17.6 Å². The van der Waals surface area contributed by atoms with Gasteiger partial charge in [0.2, 0.25) is 5.89 Å². The lowest BCUT2D eigenvalue weighted by molar-refractivity contribution is -0.195. The third-order valence-corrected chi connectivity index (χ3v) is 3.31. The van der Waals surface area contributed by atoms with E-state index in [-0.39, 0.29) is 5.75 Å². The predicted molar refractivity (Wildman–Crippen MR) is 54.5 cm³/mol. The topological polar surface area (TPSA) is 59.2 Å². The van der Waals surface area contributed by atoms with E-state index in [9.17, 15) is 13.2 Å². The maximum absolute atomic E-state index is 12.0. The molecule has 96 valence electrons. The van der Waals surface area contributed by atoms with Crippen LogP contribution in [0.1, 0.15) is 30.5 Å². The number of thioether (sulfide) groups is 1. The molecule has 2 rings (SSSR count). The number of aliphatic hydroxyl groups is 1. The normalized spacial score (nSPS) is 18.4. The predicted octanol–water partition coefficient (Wildman–Crippen LogP) is 2.10. The van der Waals surface area contributed by atoms with Gasteiger partial charge in [-0.05, 0) is 12.8 Å². The molecule has 1 heterocycles. The van der Waals surface area contributed by atoms with Crippen LogP contribution in [0.2, 0.25) is 0 Å². The van der Waals surface area contributed by atoms with E-state index < -0.39 is 18.0 Å². The number of hydrogen-bond acceptors (Lipinski definition) is 5. The number of hydrogen-bond donors (Lipinski definition) is 1. The molecule has 1 aliphatic carbocycles. The molecule has 0 unspecified atom stereocenters. The second kappa shape index (κ2) is 4.85. The van der Waals surface area contributed by atoms with Crippen LogP contribution in [0.4, 0.5) is 13.2 Å². The molecule has 0 amide bonds. The summed E-state index contributed by atoms with van der Waals surface area (Å²) in [7, 11) is 0. The molecule has 0 aromatic carbocycles. The van der Waals surface area contributed by atoms with E-state index in [4.69, 9.17) is 9.63 Å². The van der Waals surface area contributed by atoms with Gasteiger partial charge in [-0.2, -0.15) is 29.9 Å². The molecule has 1 saturated carbocycles. The highest BCUT2D eigenvalue weighted by molar-refractivity contribution is 7.98. The highest BCUT2D eigenvalue weighted by Crippen LogP contribution is 2.39. The van der Waals surface area contributed by atoms with Crippen LogP contribution in [-0.4, -0.2) is 33.3 Å². The van der Waals surface area contributed by atoms with Gasteiger partial charge >= 0.3 is 6.18 Å². The monoisotopic (exact) mass is 268 g/mol.